The molecule has 84 heavy (non-hydrogen) atoms. The lowest BCUT2D eigenvalue weighted by atomic mass is 9.95. The maximum Gasteiger partial charge on any atom is 0.306 e. The zero-order chi connectivity index (χ0) is 61.3. The summed E-state index contributed by atoms with van der Waals surface area (Å²) in [6.07, 6.45) is -74.0. The lowest BCUT2D eigenvalue weighted by molar-refractivity contribution is -0.396. The molecule has 21 fully saturated rings. The number of carboxylic acids is 1. The van der Waals surface area contributed by atoms with Gasteiger partial charge >= 0.3 is 11.9 Å². The molecular weight excluding hydrogens is 1160 g/mol. The molecule has 38 heteroatoms. The number of rotatable bonds is 11. The van der Waals surface area contributed by atoms with E-state index in [0.717, 1.165) is 0 Å². The van der Waals surface area contributed by atoms with Crippen molar-refractivity contribution < 1.29 is 188 Å². The molecule has 14 bridgehead atoms. The van der Waals surface area contributed by atoms with E-state index in [1.165, 1.54) is 0 Å². The number of hydrogen-bond donors (Lipinski definition) is 21. The molecule has 35 atom stereocenters. The van der Waals surface area contributed by atoms with E-state index in [9.17, 15) is 112 Å². The third kappa shape index (κ3) is 14.0. The van der Waals surface area contributed by atoms with E-state index in [1.807, 2.05) is 0 Å². The zero-order valence-corrected chi connectivity index (χ0v) is 43.9. The van der Waals surface area contributed by atoms with Crippen LogP contribution in [0.3, 0.4) is 0 Å². The smallest absolute Gasteiger partial charge is 0.306 e. The third-order valence-electron chi connectivity index (χ3n) is 15.6. The highest BCUT2D eigenvalue weighted by atomic mass is 16.8. The topological polar surface area (TPSA) is 597 Å². The second-order valence-corrected chi connectivity index (χ2v) is 21.0. The minimum absolute atomic E-state index is 0.709. The standard InChI is InChI=1S/C46H74O38/c47-3-10-33-20(57)27(64)41(72-10)80-35-12(5-49)74-43(29(66)22(35)59)82-37-14(7-51)76-45(31(68)24(37)61)84-39-16(9-70-18(55)2-1-17(53)54)77-46(32(69)25(39)62)83-38-15(8-52)75-44(30(67)23(38)60)81-36-13(6-50)73-42(28(65)21(36)58)79-34-11(4-48)71-40(78-33)26(63)19(34)56/h10-16,19-52,56-69H,1-9H2,(H,53,54)/t10-,11+,12-,13+,14-,15+,16+,19+,20+,21-,22+,23-,24+,25+,26+,27+,28-,29+,30+,31+,32+,33+,34+,35+,36+,37+,38+,39+,40+,41+,42+,43+,44+,45+,46+/m0/s1. The summed E-state index contributed by atoms with van der Waals surface area (Å²) in [6.45, 7) is -7.53. The van der Waals surface area contributed by atoms with Crippen LogP contribution in [-0.4, -0.2) is 380 Å². The van der Waals surface area contributed by atoms with Crippen LogP contribution in [0, 0.1) is 0 Å². The number of carbonyl (C=O) groups is 2. The number of esters is 1. The Balaban J connectivity index is 1.10. The van der Waals surface area contributed by atoms with Gasteiger partial charge in [-0.3, -0.25) is 9.59 Å². The Hall–Kier alpha value is -2.42. The number of aliphatic hydroxyl groups is 20. The largest absolute Gasteiger partial charge is 0.481 e. The predicted molar refractivity (Wildman–Crippen MR) is 249 cm³/mol. The number of carboxylic acid groups (broad SMARTS) is 1. The van der Waals surface area contributed by atoms with Crippen molar-refractivity contribution in [3.8, 4) is 0 Å². The number of carbonyl (C=O) groups excluding carboxylic acids is 1. The van der Waals surface area contributed by atoms with Crippen molar-refractivity contribution in [2.45, 2.75) is 228 Å². The summed E-state index contributed by atoms with van der Waals surface area (Å²) in [5, 5.41) is 231. The van der Waals surface area contributed by atoms with Crippen molar-refractivity contribution in [3.63, 3.8) is 0 Å². The predicted octanol–water partition coefficient (Wildman–Crippen LogP) is -14.8. The fraction of sp³-hybridized carbons (Fsp3) is 0.957. The minimum Gasteiger partial charge on any atom is -0.481 e. The summed E-state index contributed by atoms with van der Waals surface area (Å²) in [5.41, 5.74) is 0. The van der Waals surface area contributed by atoms with Crippen LogP contribution >= 0.6 is 0 Å². The molecule has 21 aliphatic heterocycles. The number of aliphatic hydroxyl groups excluding tert-OH is 20. The second-order valence-electron chi connectivity index (χ2n) is 21.0. The van der Waals surface area contributed by atoms with E-state index in [-0.39, 0.29) is 0 Å². The average Bonchev–Trinajstić information content (AvgIpc) is 2.86. The van der Waals surface area contributed by atoms with Gasteiger partial charge in [0.05, 0.1) is 52.5 Å². The van der Waals surface area contributed by atoms with Crippen LogP contribution in [0.15, 0.2) is 0 Å². The van der Waals surface area contributed by atoms with Crippen LogP contribution in [0.2, 0.25) is 0 Å². The Kier molecular flexibility index (Phi) is 23.3. The van der Waals surface area contributed by atoms with Crippen LogP contribution in [0.1, 0.15) is 12.8 Å². The summed E-state index contributed by atoms with van der Waals surface area (Å²) in [5.74, 6) is -2.56. The Bertz CT molecular complexity index is 2070. The maximum atomic E-state index is 12.6. The molecule has 21 heterocycles. The molecule has 0 saturated carbocycles. The van der Waals surface area contributed by atoms with Crippen LogP contribution in [-0.2, 0) is 80.6 Å². The first kappa shape index (κ1) is 67.5. The van der Waals surface area contributed by atoms with E-state index in [4.69, 9.17) is 76.2 Å². The van der Waals surface area contributed by atoms with Crippen molar-refractivity contribution in [1.82, 2.24) is 0 Å². The number of hydrogen-bond acceptors (Lipinski definition) is 37. The SMILES string of the molecule is O=C(O)CCC(=O)OC[C@H]1O[C@@H]2O[C@H]3[C@@H](O)[C@@H](O)[C@@H](O[C@H]4[C@@H](O)[C@H](O)[C@@H](O[C@H]5[C@H](O)[C@@H](O)[C@@H](O[C@H]6[C@H](O)[C@@H](O)[C@@H](O[C@H]7[C@H](O)[C@@H](O)[C@@H](O[C@H]8[C@H](O)[C@@H](O)[C@@H](O[C@H]1[C@H](O)[C@H]2O)O[C@H]8CO)O[C@H]7CO)O[C@H]6CO)O[C@@H]5CO)O[C@@H]4CO)O[C@@H]3CO. The molecule has 21 N–H and O–H groups in total. The Morgan fingerprint density at radius 3 is 0.619 bits per heavy atom. The first-order valence-electron chi connectivity index (χ1n) is 26.6. The van der Waals surface area contributed by atoms with Gasteiger partial charge in [0.1, 0.15) is 178 Å². The molecule has 0 aromatic rings. The van der Waals surface area contributed by atoms with Gasteiger partial charge in [0.25, 0.3) is 0 Å². The minimum atomic E-state index is -2.33. The third-order valence-corrected chi connectivity index (χ3v) is 15.6. The first-order chi connectivity index (χ1) is 39.9. The lowest BCUT2D eigenvalue weighted by Crippen LogP contribution is -2.68. The lowest BCUT2D eigenvalue weighted by Gasteiger charge is -2.50. The summed E-state index contributed by atoms with van der Waals surface area (Å²) < 4.78 is 85.2. The van der Waals surface area contributed by atoms with Crippen molar-refractivity contribution in [2.24, 2.45) is 0 Å². The maximum absolute atomic E-state index is 12.6. The quantitative estimate of drug-likeness (QED) is 0.0854. The van der Waals surface area contributed by atoms with Gasteiger partial charge in [0.15, 0.2) is 44.0 Å². The Morgan fingerprint density at radius 1 is 0.262 bits per heavy atom. The molecule has 0 radical (unpaired) electrons. The molecule has 0 aromatic heterocycles. The van der Waals surface area contributed by atoms with Crippen LogP contribution < -0.4 is 0 Å². The summed E-state index contributed by atoms with van der Waals surface area (Å²) in [4.78, 5) is 23.8. The Labute approximate surface area is 473 Å². The van der Waals surface area contributed by atoms with Crippen LogP contribution in [0.25, 0.3) is 0 Å². The molecule has 486 valence electrons. The van der Waals surface area contributed by atoms with Crippen LogP contribution in [0.4, 0.5) is 0 Å². The molecule has 0 spiro atoms. The molecule has 0 aromatic carbocycles. The van der Waals surface area contributed by atoms with Crippen molar-refractivity contribution in [2.75, 3.05) is 46.2 Å². The zero-order valence-electron chi connectivity index (χ0n) is 43.9. The summed E-state index contributed by atoms with van der Waals surface area (Å²) >= 11 is 0. The van der Waals surface area contributed by atoms with Gasteiger partial charge < -0.3 is 178 Å². The highest BCUT2D eigenvalue weighted by molar-refractivity contribution is 5.76. The molecule has 0 unspecified atom stereocenters. The van der Waals surface area contributed by atoms with E-state index in [0.29, 0.717) is 0 Å². The van der Waals surface area contributed by atoms with E-state index >= 15 is 0 Å². The number of aliphatic carboxylic acids is 1. The van der Waals surface area contributed by atoms with E-state index in [2.05, 4.69) is 0 Å². The van der Waals surface area contributed by atoms with Gasteiger partial charge in [0, 0.05) is 0 Å². The highest BCUT2D eigenvalue weighted by Gasteiger charge is 2.59. The van der Waals surface area contributed by atoms with Gasteiger partial charge in [-0.2, -0.15) is 0 Å². The van der Waals surface area contributed by atoms with Gasteiger partial charge in [-0.1, -0.05) is 0 Å². The molecule has 21 saturated heterocycles. The van der Waals surface area contributed by atoms with Crippen LogP contribution in [0.5, 0.6) is 0 Å². The van der Waals surface area contributed by atoms with Crippen molar-refractivity contribution >= 4 is 11.9 Å². The second kappa shape index (κ2) is 29.0. The van der Waals surface area contributed by atoms with Gasteiger partial charge in [-0.05, 0) is 0 Å². The first-order valence-corrected chi connectivity index (χ1v) is 26.6. The molecule has 38 nitrogen and oxygen atoms in total. The van der Waals surface area contributed by atoms with E-state index < -0.39 is 286 Å². The fourth-order valence-corrected chi connectivity index (χ4v) is 10.9. The van der Waals surface area contributed by atoms with Gasteiger partial charge in [0.2, 0.25) is 0 Å². The Morgan fingerprint density at radius 2 is 0.440 bits per heavy atom. The summed E-state index contributed by atoms with van der Waals surface area (Å²) in [6, 6.07) is 0. The normalized spacial score (nSPS) is 51.6. The molecule has 21 rings (SSSR count). The molecule has 21 aliphatic rings. The molecule has 0 aliphatic carbocycles. The average molecular weight is 1240 g/mol. The van der Waals surface area contributed by atoms with Crippen molar-refractivity contribution in [3.05, 3.63) is 0 Å². The highest BCUT2D eigenvalue weighted by Crippen LogP contribution is 2.39. The molecular formula is C46H74O38. The molecule has 0 amide bonds. The summed E-state index contributed by atoms with van der Waals surface area (Å²) in [7, 11) is 0. The monoisotopic (exact) mass is 1230 g/mol. The van der Waals surface area contributed by atoms with Gasteiger partial charge in [-0.25, -0.2) is 0 Å². The van der Waals surface area contributed by atoms with E-state index in [1.54, 1.807) is 0 Å². The number of ether oxygens (including phenoxy) is 15. The van der Waals surface area contributed by atoms with Crippen molar-refractivity contribution in [1.29, 1.82) is 0 Å². The fourth-order valence-electron chi connectivity index (χ4n) is 10.9. The van der Waals surface area contributed by atoms with Gasteiger partial charge in [-0.15, -0.1) is 0 Å².